The van der Waals surface area contributed by atoms with E-state index in [1.54, 1.807) is 12.1 Å². The fourth-order valence-electron chi connectivity index (χ4n) is 3.14. The first-order valence-corrected chi connectivity index (χ1v) is 11.3. The number of ether oxygens (including phenoxy) is 1. The molecule has 0 radical (unpaired) electrons. The lowest BCUT2D eigenvalue weighted by Gasteiger charge is -2.19. The first kappa shape index (κ1) is 22.4. The third-order valence-electron chi connectivity index (χ3n) is 4.83. The van der Waals surface area contributed by atoms with Crippen molar-refractivity contribution in [3.63, 3.8) is 0 Å². The van der Waals surface area contributed by atoms with Crippen LogP contribution in [0.1, 0.15) is 57.4 Å². The number of benzene rings is 1. The van der Waals surface area contributed by atoms with E-state index in [9.17, 15) is 18.0 Å². The highest BCUT2D eigenvalue weighted by Gasteiger charge is 2.22. The number of aryl methyl sites for hydroxylation is 1. The molecule has 1 atom stereocenters. The largest absolute Gasteiger partial charge is 0.453 e. The second kappa shape index (κ2) is 10.6. The third-order valence-corrected chi connectivity index (χ3v) is 6.31. The van der Waals surface area contributed by atoms with Gasteiger partial charge in [0.05, 0.1) is 11.3 Å². The number of amides is 1. The lowest BCUT2D eigenvalue weighted by Crippen LogP contribution is -2.42. The van der Waals surface area contributed by atoms with Crippen LogP contribution in [0, 0.1) is 6.92 Å². The van der Waals surface area contributed by atoms with Crippen molar-refractivity contribution in [1.29, 1.82) is 0 Å². The molecular formula is C20H30N2O5S. The van der Waals surface area contributed by atoms with Gasteiger partial charge in [0.15, 0.2) is 6.10 Å². The minimum absolute atomic E-state index is 0.0913. The van der Waals surface area contributed by atoms with Crippen LogP contribution >= 0.6 is 0 Å². The highest BCUT2D eigenvalue weighted by Crippen LogP contribution is 2.17. The molecule has 1 aromatic rings. The zero-order valence-corrected chi connectivity index (χ0v) is 17.4. The SMILES string of the molecule is Cc1ccc(S(=O)(=O)NCCC(=O)O[C@@H](C)C(=O)NC2CCCCCC2)cc1. The Labute approximate surface area is 167 Å². The Hall–Kier alpha value is -1.93. The standard InChI is InChI=1S/C20H30N2O5S/c1-15-9-11-18(12-10-15)28(25,26)21-14-13-19(23)27-16(2)20(24)22-17-7-5-3-4-6-8-17/h9-12,16-17,21H,3-8,13-14H2,1-2H3,(H,22,24)/t16-/m0/s1. The monoisotopic (exact) mass is 410 g/mol. The third kappa shape index (κ3) is 7.24. The maximum absolute atomic E-state index is 12.2. The van der Waals surface area contributed by atoms with Gasteiger partial charge in [-0.25, -0.2) is 13.1 Å². The van der Waals surface area contributed by atoms with Gasteiger partial charge in [-0.15, -0.1) is 0 Å². The number of carbonyl (C=O) groups excluding carboxylic acids is 2. The Balaban J connectivity index is 1.73. The van der Waals surface area contributed by atoms with E-state index in [-0.39, 0.29) is 29.8 Å². The average Bonchev–Trinajstić information content (AvgIpc) is 2.90. The molecule has 1 aliphatic rings. The molecule has 0 unspecified atom stereocenters. The fourth-order valence-corrected chi connectivity index (χ4v) is 4.17. The van der Waals surface area contributed by atoms with E-state index < -0.39 is 22.1 Å². The van der Waals surface area contributed by atoms with E-state index in [0.29, 0.717) is 0 Å². The molecule has 0 bridgehead atoms. The molecule has 7 nitrogen and oxygen atoms in total. The molecule has 1 saturated carbocycles. The van der Waals surface area contributed by atoms with Gasteiger partial charge in [-0.3, -0.25) is 9.59 Å². The van der Waals surface area contributed by atoms with Crippen LogP contribution in [-0.2, 0) is 24.3 Å². The van der Waals surface area contributed by atoms with Crippen molar-refractivity contribution in [3.05, 3.63) is 29.8 Å². The number of hydrogen-bond donors (Lipinski definition) is 2. The lowest BCUT2D eigenvalue weighted by atomic mass is 10.1. The second-order valence-electron chi connectivity index (χ2n) is 7.29. The first-order chi connectivity index (χ1) is 13.3. The number of esters is 1. The quantitative estimate of drug-likeness (QED) is 0.506. The van der Waals surface area contributed by atoms with Gasteiger partial charge in [-0.1, -0.05) is 43.4 Å². The van der Waals surface area contributed by atoms with Crippen LogP contribution in [0.3, 0.4) is 0 Å². The summed E-state index contributed by atoms with van der Waals surface area (Å²) in [6.07, 6.45) is 5.43. The van der Waals surface area contributed by atoms with Crippen molar-refractivity contribution in [3.8, 4) is 0 Å². The maximum Gasteiger partial charge on any atom is 0.307 e. The summed E-state index contributed by atoms with van der Waals surface area (Å²) in [4.78, 5) is 24.3. The summed E-state index contributed by atoms with van der Waals surface area (Å²) in [6.45, 7) is 3.30. The molecule has 1 amide bonds. The molecule has 0 aromatic heterocycles. The molecule has 0 spiro atoms. The Kier molecular flexibility index (Phi) is 8.44. The predicted molar refractivity (Wildman–Crippen MR) is 106 cm³/mol. The van der Waals surface area contributed by atoms with E-state index in [2.05, 4.69) is 10.0 Å². The van der Waals surface area contributed by atoms with Gasteiger partial charge in [-0.2, -0.15) is 0 Å². The van der Waals surface area contributed by atoms with Crippen LogP contribution in [-0.4, -0.2) is 39.0 Å². The van der Waals surface area contributed by atoms with Gasteiger partial charge in [0, 0.05) is 12.6 Å². The van der Waals surface area contributed by atoms with Crippen LogP contribution in [0.15, 0.2) is 29.2 Å². The topological polar surface area (TPSA) is 102 Å². The van der Waals surface area contributed by atoms with Crippen LogP contribution < -0.4 is 10.0 Å². The first-order valence-electron chi connectivity index (χ1n) is 9.84. The predicted octanol–water partition coefficient (Wildman–Crippen LogP) is 2.43. The highest BCUT2D eigenvalue weighted by atomic mass is 32.2. The number of nitrogens with one attached hydrogen (secondary N) is 2. The Morgan fingerprint density at radius 2 is 1.71 bits per heavy atom. The molecule has 0 heterocycles. The van der Waals surface area contributed by atoms with Crippen molar-refractivity contribution in [2.45, 2.75) is 75.8 Å². The van der Waals surface area contributed by atoms with Gasteiger partial charge in [0.2, 0.25) is 10.0 Å². The molecule has 8 heteroatoms. The van der Waals surface area contributed by atoms with Gasteiger partial charge in [0.25, 0.3) is 5.91 Å². The fraction of sp³-hybridized carbons (Fsp3) is 0.600. The van der Waals surface area contributed by atoms with Gasteiger partial charge >= 0.3 is 5.97 Å². The summed E-state index contributed by atoms with van der Waals surface area (Å²) in [5, 5.41) is 2.94. The van der Waals surface area contributed by atoms with E-state index in [4.69, 9.17) is 4.74 Å². The van der Waals surface area contributed by atoms with Crippen LogP contribution in [0.4, 0.5) is 0 Å². The molecule has 0 aliphatic heterocycles. The Bertz CT molecular complexity index is 753. The molecule has 0 saturated heterocycles. The molecule has 28 heavy (non-hydrogen) atoms. The smallest absolute Gasteiger partial charge is 0.307 e. The van der Waals surface area contributed by atoms with Gasteiger partial charge in [-0.05, 0) is 38.8 Å². The van der Waals surface area contributed by atoms with Crippen LogP contribution in [0.5, 0.6) is 0 Å². The molecule has 1 aliphatic carbocycles. The second-order valence-corrected chi connectivity index (χ2v) is 9.06. The summed E-state index contributed by atoms with van der Waals surface area (Å²) >= 11 is 0. The summed E-state index contributed by atoms with van der Waals surface area (Å²) in [5.74, 6) is -0.921. The minimum atomic E-state index is -3.68. The zero-order valence-electron chi connectivity index (χ0n) is 16.6. The van der Waals surface area contributed by atoms with Gasteiger partial charge < -0.3 is 10.1 Å². The number of hydrogen-bond acceptors (Lipinski definition) is 5. The summed E-state index contributed by atoms with van der Waals surface area (Å²) in [6, 6.07) is 6.57. The molecule has 2 N–H and O–H groups in total. The summed E-state index contributed by atoms with van der Waals surface area (Å²) in [7, 11) is -3.68. The van der Waals surface area contributed by atoms with E-state index >= 15 is 0 Å². The van der Waals surface area contributed by atoms with Crippen LogP contribution in [0.25, 0.3) is 0 Å². The normalized spacial score (nSPS) is 16.8. The number of carbonyl (C=O) groups is 2. The lowest BCUT2D eigenvalue weighted by molar-refractivity contribution is -0.154. The molecule has 2 rings (SSSR count). The van der Waals surface area contributed by atoms with Crippen molar-refractivity contribution < 1.29 is 22.7 Å². The zero-order chi connectivity index (χ0) is 20.6. The average molecular weight is 411 g/mol. The van der Waals surface area contributed by atoms with Crippen molar-refractivity contribution in [2.75, 3.05) is 6.54 Å². The minimum Gasteiger partial charge on any atom is -0.453 e. The van der Waals surface area contributed by atoms with Crippen LogP contribution in [0.2, 0.25) is 0 Å². The Morgan fingerprint density at radius 3 is 2.32 bits per heavy atom. The highest BCUT2D eigenvalue weighted by molar-refractivity contribution is 7.89. The van der Waals surface area contributed by atoms with E-state index in [0.717, 1.165) is 31.2 Å². The molecule has 156 valence electrons. The summed E-state index contributed by atoms with van der Waals surface area (Å²) < 4.78 is 31.9. The maximum atomic E-state index is 12.2. The van der Waals surface area contributed by atoms with E-state index in [1.807, 2.05) is 6.92 Å². The number of rotatable bonds is 8. The van der Waals surface area contributed by atoms with Gasteiger partial charge in [0.1, 0.15) is 0 Å². The van der Waals surface area contributed by atoms with Crippen molar-refractivity contribution in [1.82, 2.24) is 10.0 Å². The number of sulfonamides is 1. The van der Waals surface area contributed by atoms with E-state index in [1.165, 1.54) is 31.9 Å². The van der Waals surface area contributed by atoms with Crippen molar-refractivity contribution >= 4 is 21.9 Å². The molecule has 1 fully saturated rings. The molecular weight excluding hydrogens is 380 g/mol. The Morgan fingerprint density at radius 1 is 1.11 bits per heavy atom. The van der Waals surface area contributed by atoms with Crippen molar-refractivity contribution in [2.24, 2.45) is 0 Å². The molecule has 1 aromatic carbocycles. The summed E-state index contributed by atoms with van der Waals surface area (Å²) in [5.41, 5.74) is 0.957.